The minimum Gasteiger partial charge on any atom is -0.373 e. The van der Waals surface area contributed by atoms with Gasteiger partial charge in [-0.15, -0.1) is 11.8 Å². The van der Waals surface area contributed by atoms with Crippen LogP contribution >= 0.6 is 11.8 Å². The topological polar surface area (TPSA) is 47.6 Å². The number of carbonyl (C=O) groups excluding carboxylic acids is 1. The predicted octanol–water partition coefficient (Wildman–Crippen LogP) is 2.37. The molecule has 3 atom stereocenters. The smallest absolute Gasteiger partial charge is 0.230 e. The van der Waals surface area contributed by atoms with Crippen molar-refractivity contribution in [3.63, 3.8) is 0 Å². The van der Waals surface area contributed by atoms with Gasteiger partial charge in [0.2, 0.25) is 5.91 Å². The summed E-state index contributed by atoms with van der Waals surface area (Å²) in [5.74, 6) is 1.51. The zero-order valence-electron chi connectivity index (χ0n) is 12.7. The van der Waals surface area contributed by atoms with Crippen molar-refractivity contribution in [3.8, 4) is 0 Å². The fourth-order valence-corrected chi connectivity index (χ4v) is 3.90. The molecule has 2 aliphatic rings. The molecule has 0 aromatic heterocycles. The molecule has 120 valence electrons. The highest BCUT2D eigenvalue weighted by Gasteiger charge is 2.34. The van der Waals surface area contributed by atoms with Gasteiger partial charge in [0.05, 0.1) is 31.2 Å². The van der Waals surface area contributed by atoms with Gasteiger partial charge >= 0.3 is 0 Å². The average Bonchev–Trinajstić information content (AvgIpc) is 2.56. The Kier molecular flexibility index (Phi) is 5.76. The van der Waals surface area contributed by atoms with E-state index in [0.29, 0.717) is 19.0 Å². The molecule has 0 unspecified atom stereocenters. The highest BCUT2D eigenvalue weighted by atomic mass is 32.2. The van der Waals surface area contributed by atoms with E-state index in [1.54, 1.807) is 11.8 Å². The second kappa shape index (κ2) is 7.99. The fourth-order valence-electron chi connectivity index (χ4n) is 3.10. The quantitative estimate of drug-likeness (QED) is 0.904. The molecule has 1 heterocycles. The zero-order chi connectivity index (χ0) is 15.2. The van der Waals surface area contributed by atoms with Gasteiger partial charge in [-0.1, -0.05) is 30.3 Å². The van der Waals surface area contributed by atoms with Gasteiger partial charge in [0, 0.05) is 11.8 Å². The summed E-state index contributed by atoms with van der Waals surface area (Å²) in [6, 6.07) is 10.5. The maximum Gasteiger partial charge on any atom is 0.230 e. The minimum atomic E-state index is 0.126. The molecule has 5 heteroatoms. The molecule has 1 saturated carbocycles. The summed E-state index contributed by atoms with van der Waals surface area (Å²) >= 11 is 1.66. The second-order valence-electron chi connectivity index (χ2n) is 5.87. The Morgan fingerprint density at radius 2 is 1.91 bits per heavy atom. The lowest BCUT2D eigenvalue weighted by Crippen LogP contribution is -2.49. The molecule has 22 heavy (non-hydrogen) atoms. The molecule has 1 aliphatic carbocycles. The van der Waals surface area contributed by atoms with Crippen molar-refractivity contribution in [2.75, 3.05) is 19.0 Å². The highest BCUT2D eigenvalue weighted by molar-refractivity contribution is 7.99. The van der Waals surface area contributed by atoms with Crippen LogP contribution < -0.4 is 5.32 Å². The Labute approximate surface area is 135 Å². The minimum absolute atomic E-state index is 0.126. The number of ether oxygens (including phenoxy) is 2. The lowest BCUT2D eigenvalue weighted by Gasteiger charge is -2.39. The molecule has 0 bridgehead atoms. The van der Waals surface area contributed by atoms with Crippen molar-refractivity contribution >= 4 is 17.7 Å². The van der Waals surface area contributed by atoms with Crippen LogP contribution in [0.1, 0.15) is 24.8 Å². The van der Waals surface area contributed by atoms with E-state index < -0.39 is 0 Å². The largest absolute Gasteiger partial charge is 0.373 e. The van der Waals surface area contributed by atoms with E-state index in [2.05, 4.69) is 17.4 Å². The molecule has 4 nitrogen and oxygen atoms in total. The Morgan fingerprint density at radius 3 is 2.73 bits per heavy atom. The molecule has 2 fully saturated rings. The number of thioether (sulfide) groups is 1. The van der Waals surface area contributed by atoms with E-state index in [1.807, 2.05) is 18.2 Å². The van der Waals surface area contributed by atoms with Gasteiger partial charge in [-0.25, -0.2) is 0 Å². The van der Waals surface area contributed by atoms with Crippen molar-refractivity contribution < 1.29 is 14.3 Å². The second-order valence-corrected chi connectivity index (χ2v) is 6.86. The Morgan fingerprint density at radius 1 is 1.14 bits per heavy atom. The number of carbonyl (C=O) groups is 1. The van der Waals surface area contributed by atoms with Gasteiger partial charge in [-0.3, -0.25) is 4.79 Å². The van der Waals surface area contributed by atoms with Crippen LogP contribution in [-0.4, -0.2) is 43.1 Å². The van der Waals surface area contributed by atoms with Crippen LogP contribution in [0.5, 0.6) is 0 Å². The van der Waals surface area contributed by atoms with Gasteiger partial charge in [-0.05, 0) is 24.8 Å². The van der Waals surface area contributed by atoms with E-state index in [4.69, 9.17) is 9.47 Å². The van der Waals surface area contributed by atoms with Crippen LogP contribution in [0, 0.1) is 0 Å². The third-order valence-corrected chi connectivity index (χ3v) is 5.19. The van der Waals surface area contributed by atoms with Gasteiger partial charge in [0.25, 0.3) is 0 Å². The maximum absolute atomic E-state index is 12.1. The van der Waals surface area contributed by atoms with Crippen molar-refractivity contribution in [3.05, 3.63) is 35.9 Å². The summed E-state index contributed by atoms with van der Waals surface area (Å²) in [7, 11) is 0. The normalized spacial score (nSPS) is 27.9. The molecule has 3 rings (SSSR count). The lowest BCUT2D eigenvalue weighted by molar-refractivity contribution is -0.158. The SMILES string of the molecule is O=C(CSCc1ccccc1)N[C@@H]1CC[C@@H]2OCCO[C@H]2C1. The first kappa shape index (κ1) is 15.8. The number of hydrogen-bond acceptors (Lipinski definition) is 4. The number of benzene rings is 1. The zero-order valence-corrected chi connectivity index (χ0v) is 13.5. The molecular weight excluding hydrogens is 298 g/mol. The van der Waals surface area contributed by atoms with Crippen LogP contribution in [0.15, 0.2) is 30.3 Å². The number of fused-ring (bicyclic) bond motifs is 1. The van der Waals surface area contributed by atoms with Gasteiger partial charge in [0.1, 0.15) is 0 Å². The molecule has 1 amide bonds. The van der Waals surface area contributed by atoms with E-state index in [1.165, 1.54) is 5.56 Å². The monoisotopic (exact) mass is 321 g/mol. The predicted molar refractivity (Wildman–Crippen MR) is 87.9 cm³/mol. The van der Waals surface area contributed by atoms with Crippen LogP contribution in [0.25, 0.3) is 0 Å². The first-order valence-corrected chi connectivity index (χ1v) is 9.11. The Bertz CT molecular complexity index is 482. The number of amides is 1. The highest BCUT2D eigenvalue weighted by Crippen LogP contribution is 2.26. The van der Waals surface area contributed by atoms with Crippen molar-refractivity contribution in [1.29, 1.82) is 0 Å². The number of rotatable bonds is 5. The van der Waals surface area contributed by atoms with Crippen LogP contribution in [0.3, 0.4) is 0 Å². The maximum atomic E-state index is 12.1. The van der Waals surface area contributed by atoms with Crippen molar-refractivity contribution in [2.45, 2.75) is 43.3 Å². The molecule has 1 saturated heterocycles. The lowest BCUT2D eigenvalue weighted by atomic mass is 9.89. The molecule has 0 spiro atoms. The van der Waals surface area contributed by atoms with E-state index in [0.717, 1.165) is 25.0 Å². The molecule has 1 aliphatic heterocycles. The van der Waals surface area contributed by atoms with Gasteiger partial charge in [-0.2, -0.15) is 0 Å². The van der Waals surface area contributed by atoms with Gasteiger partial charge < -0.3 is 14.8 Å². The molecule has 1 N–H and O–H groups in total. The number of nitrogens with one attached hydrogen (secondary N) is 1. The fraction of sp³-hybridized carbons (Fsp3) is 0.588. The van der Waals surface area contributed by atoms with E-state index in [9.17, 15) is 4.79 Å². The first-order chi connectivity index (χ1) is 10.8. The summed E-state index contributed by atoms with van der Waals surface area (Å²) in [5.41, 5.74) is 1.26. The third-order valence-electron chi connectivity index (χ3n) is 4.19. The standard InChI is InChI=1S/C17H23NO3S/c19-17(12-22-11-13-4-2-1-3-5-13)18-14-6-7-15-16(10-14)21-9-8-20-15/h1-5,14-16H,6-12H2,(H,18,19)/t14-,15+,16+/m1/s1. The third kappa shape index (κ3) is 4.48. The van der Waals surface area contributed by atoms with E-state index in [-0.39, 0.29) is 24.2 Å². The van der Waals surface area contributed by atoms with Crippen molar-refractivity contribution in [2.24, 2.45) is 0 Å². The average molecular weight is 321 g/mol. The van der Waals surface area contributed by atoms with Crippen molar-refractivity contribution in [1.82, 2.24) is 5.32 Å². The molecule has 1 aromatic carbocycles. The Balaban J connectivity index is 1.37. The van der Waals surface area contributed by atoms with E-state index >= 15 is 0 Å². The molecule has 1 aromatic rings. The van der Waals surface area contributed by atoms with Crippen LogP contribution in [0.2, 0.25) is 0 Å². The summed E-state index contributed by atoms with van der Waals surface area (Å²) in [6.45, 7) is 1.38. The molecular formula is C17H23NO3S. The number of hydrogen-bond donors (Lipinski definition) is 1. The van der Waals surface area contributed by atoms with Crippen LogP contribution in [0.4, 0.5) is 0 Å². The Hall–Kier alpha value is -1.04. The summed E-state index contributed by atoms with van der Waals surface area (Å²) < 4.78 is 11.5. The summed E-state index contributed by atoms with van der Waals surface area (Å²) in [4.78, 5) is 12.1. The van der Waals surface area contributed by atoms with Gasteiger partial charge in [0.15, 0.2) is 0 Å². The first-order valence-electron chi connectivity index (χ1n) is 7.95. The summed E-state index contributed by atoms with van der Waals surface area (Å²) in [6.07, 6.45) is 3.23. The summed E-state index contributed by atoms with van der Waals surface area (Å²) in [5, 5.41) is 3.14. The molecule has 0 radical (unpaired) electrons. The van der Waals surface area contributed by atoms with Crippen LogP contribution in [-0.2, 0) is 20.0 Å².